The molecule has 0 atom stereocenters. The van der Waals surface area contributed by atoms with Crippen LogP contribution in [0.3, 0.4) is 0 Å². The fourth-order valence-corrected chi connectivity index (χ4v) is 1.76. The number of carboxylic acids is 1. The summed E-state index contributed by atoms with van der Waals surface area (Å²) in [6, 6.07) is 3.84. The van der Waals surface area contributed by atoms with Gasteiger partial charge in [-0.1, -0.05) is 11.6 Å². The number of benzene rings is 1. The molecule has 0 saturated heterocycles. The van der Waals surface area contributed by atoms with Gasteiger partial charge >= 0.3 is 5.97 Å². The van der Waals surface area contributed by atoms with Crippen molar-refractivity contribution >= 4 is 23.4 Å². The first kappa shape index (κ1) is 14.0. The van der Waals surface area contributed by atoms with Crippen molar-refractivity contribution in [2.75, 3.05) is 12.8 Å². The first-order valence-corrected chi connectivity index (χ1v) is 5.72. The third-order valence-electron chi connectivity index (χ3n) is 2.47. The number of anilines is 1. The van der Waals surface area contributed by atoms with E-state index in [4.69, 9.17) is 27.2 Å². The summed E-state index contributed by atoms with van der Waals surface area (Å²) in [6.45, 7) is 0. The molecule has 2 rings (SSSR count). The van der Waals surface area contributed by atoms with Gasteiger partial charge in [-0.05, 0) is 18.2 Å². The van der Waals surface area contributed by atoms with E-state index in [-0.39, 0.29) is 28.0 Å². The van der Waals surface area contributed by atoms with E-state index in [1.54, 1.807) is 0 Å². The van der Waals surface area contributed by atoms with Gasteiger partial charge in [0.05, 0.1) is 12.7 Å². The summed E-state index contributed by atoms with van der Waals surface area (Å²) in [4.78, 5) is 18.7. The van der Waals surface area contributed by atoms with Crippen molar-refractivity contribution in [3.8, 4) is 17.1 Å². The van der Waals surface area contributed by atoms with E-state index in [9.17, 15) is 9.18 Å². The van der Waals surface area contributed by atoms with E-state index >= 15 is 0 Å². The summed E-state index contributed by atoms with van der Waals surface area (Å²) in [5, 5.41) is 9.27. The molecule has 0 fully saturated rings. The predicted molar refractivity (Wildman–Crippen MR) is 70.4 cm³/mol. The van der Waals surface area contributed by atoms with E-state index in [1.807, 2.05) is 0 Å². The Kier molecular flexibility index (Phi) is 3.71. The fraction of sp³-hybridized carbons (Fsp3) is 0.0833. The molecule has 0 saturated carbocycles. The van der Waals surface area contributed by atoms with Gasteiger partial charge in [-0.25, -0.2) is 19.2 Å². The molecule has 1 aromatic heterocycles. The van der Waals surface area contributed by atoms with Crippen LogP contribution < -0.4 is 10.5 Å². The van der Waals surface area contributed by atoms with Gasteiger partial charge in [-0.2, -0.15) is 0 Å². The van der Waals surface area contributed by atoms with Crippen molar-refractivity contribution in [3.63, 3.8) is 0 Å². The van der Waals surface area contributed by atoms with Gasteiger partial charge in [0.15, 0.2) is 23.1 Å². The predicted octanol–water partition coefficient (Wildman–Crippen LogP) is 2.23. The Morgan fingerprint density at radius 2 is 2.15 bits per heavy atom. The summed E-state index contributed by atoms with van der Waals surface area (Å²) in [5.41, 5.74) is 5.15. The Morgan fingerprint density at radius 1 is 1.45 bits per heavy atom. The highest BCUT2D eigenvalue weighted by atomic mass is 35.5. The van der Waals surface area contributed by atoms with Crippen LogP contribution in [0.4, 0.5) is 10.2 Å². The van der Waals surface area contributed by atoms with Gasteiger partial charge in [-0.3, -0.25) is 0 Å². The number of nitrogens with two attached hydrogens (primary N) is 1. The number of hydrogen-bond acceptors (Lipinski definition) is 5. The van der Waals surface area contributed by atoms with E-state index in [1.165, 1.54) is 19.2 Å². The minimum absolute atomic E-state index is 0.00810. The topological polar surface area (TPSA) is 98.3 Å². The molecule has 20 heavy (non-hydrogen) atoms. The molecule has 0 aliphatic rings. The first-order valence-electron chi connectivity index (χ1n) is 5.34. The number of halogens is 2. The maximum Gasteiger partial charge on any atom is 0.358 e. The van der Waals surface area contributed by atoms with Crippen molar-refractivity contribution in [2.45, 2.75) is 0 Å². The average molecular weight is 298 g/mol. The third kappa shape index (κ3) is 2.48. The minimum Gasteiger partial charge on any atom is -0.491 e. The van der Waals surface area contributed by atoms with E-state index in [0.29, 0.717) is 0 Å². The molecule has 0 amide bonds. The fourth-order valence-electron chi connectivity index (χ4n) is 1.61. The molecule has 0 radical (unpaired) electrons. The highest BCUT2D eigenvalue weighted by Gasteiger charge is 2.21. The van der Waals surface area contributed by atoms with Crippen LogP contribution in [0.5, 0.6) is 5.75 Å². The molecule has 0 spiro atoms. The zero-order valence-electron chi connectivity index (χ0n) is 10.2. The Morgan fingerprint density at radius 3 is 2.70 bits per heavy atom. The van der Waals surface area contributed by atoms with Gasteiger partial charge in [-0.15, -0.1) is 0 Å². The maximum atomic E-state index is 13.8. The molecule has 104 valence electrons. The summed E-state index contributed by atoms with van der Waals surface area (Å²) < 4.78 is 18.6. The normalized spacial score (nSPS) is 10.3. The lowest BCUT2D eigenvalue weighted by molar-refractivity contribution is 0.0686. The van der Waals surface area contributed by atoms with Crippen LogP contribution >= 0.6 is 11.6 Å². The number of carboxylic acid groups (broad SMARTS) is 1. The van der Waals surface area contributed by atoms with Crippen molar-refractivity contribution in [3.05, 3.63) is 34.7 Å². The van der Waals surface area contributed by atoms with E-state index < -0.39 is 17.5 Å². The number of methoxy groups -OCH3 is 1. The molecule has 1 aromatic carbocycles. The Balaban J connectivity index is 2.66. The standard InChI is InChI=1S/C12H9ClFN3O3/c1-20-9-8(12(18)19)16-11(17-10(9)15)6-3-2-5(13)4-7(6)14/h2-4H,1H3,(H,18,19)(H2,15,16,17). The number of aromatic carboxylic acids is 1. The van der Waals surface area contributed by atoms with Crippen LogP contribution in [0.15, 0.2) is 18.2 Å². The summed E-state index contributed by atoms with van der Waals surface area (Å²) in [5.74, 6) is -2.56. The monoisotopic (exact) mass is 297 g/mol. The third-order valence-corrected chi connectivity index (χ3v) is 2.71. The smallest absolute Gasteiger partial charge is 0.358 e. The minimum atomic E-state index is -1.36. The highest BCUT2D eigenvalue weighted by molar-refractivity contribution is 6.30. The Bertz CT molecular complexity index is 694. The van der Waals surface area contributed by atoms with Gasteiger partial charge in [0.1, 0.15) is 5.82 Å². The maximum absolute atomic E-state index is 13.8. The molecule has 1 heterocycles. The van der Waals surface area contributed by atoms with Crippen molar-refractivity contribution in [1.29, 1.82) is 0 Å². The zero-order valence-corrected chi connectivity index (χ0v) is 11.0. The van der Waals surface area contributed by atoms with Crippen LogP contribution in [-0.4, -0.2) is 28.2 Å². The number of hydrogen-bond donors (Lipinski definition) is 2. The zero-order chi connectivity index (χ0) is 14.9. The summed E-state index contributed by atoms with van der Waals surface area (Å²) in [6.07, 6.45) is 0. The molecule has 2 aromatic rings. The van der Waals surface area contributed by atoms with E-state index in [2.05, 4.69) is 9.97 Å². The SMILES string of the molecule is COc1c(N)nc(-c2ccc(Cl)cc2F)nc1C(=O)O. The van der Waals surface area contributed by atoms with Gasteiger partial charge < -0.3 is 15.6 Å². The van der Waals surface area contributed by atoms with Gasteiger partial charge in [0.25, 0.3) is 0 Å². The van der Waals surface area contributed by atoms with Crippen LogP contribution in [-0.2, 0) is 0 Å². The van der Waals surface area contributed by atoms with Crippen LogP contribution in [0.2, 0.25) is 5.02 Å². The summed E-state index contributed by atoms with van der Waals surface area (Å²) in [7, 11) is 1.24. The van der Waals surface area contributed by atoms with Crippen molar-refractivity contribution in [2.24, 2.45) is 0 Å². The molecule has 8 heteroatoms. The second-order valence-corrected chi connectivity index (χ2v) is 4.18. The lowest BCUT2D eigenvalue weighted by atomic mass is 10.2. The van der Waals surface area contributed by atoms with Crippen molar-refractivity contribution in [1.82, 2.24) is 9.97 Å². The Hall–Kier alpha value is -2.41. The van der Waals surface area contributed by atoms with E-state index in [0.717, 1.165) is 6.07 Å². The molecular formula is C12H9ClFN3O3. The number of nitrogens with zero attached hydrogens (tertiary/aromatic N) is 2. The number of ether oxygens (including phenoxy) is 1. The Labute approximate surface area is 118 Å². The second kappa shape index (κ2) is 5.30. The largest absolute Gasteiger partial charge is 0.491 e. The molecule has 0 unspecified atom stereocenters. The van der Waals surface area contributed by atoms with Crippen LogP contribution in [0.1, 0.15) is 10.5 Å². The highest BCUT2D eigenvalue weighted by Crippen LogP contribution is 2.29. The number of nitrogen functional groups attached to an aromatic ring is 1. The molecule has 0 bridgehead atoms. The summed E-state index contributed by atoms with van der Waals surface area (Å²) >= 11 is 5.65. The molecule has 0 aliphatic heterocycles. The molecule has 3 N–H and O–H groups in total. The van der Waals surface area contributed by atoms with Crippen LogP contribution in [0, 0.1) is 5.82 Å². The lowest BCUT2D eigenvalue weighted by Gasteiger charge is -2.09. The lowest BCUT2D eigenvalue weighted by Crippen LogP contribution is -2.10. The molecule has 0 aliphatic carbocycles. The van der Waals surface area contributed by atoms with Crippen LogP contribution in [0.25, 0.3) is 11.4 Å². The molecule has 6 nitrogen and oxygen atoms in total. The van der Waals surface area contributed by atoms with Crippen molar-refractivity contribution < 1.29 is 19.0 Å². The number of aromatic nitrogens is 2. The molecular weight excluding hydrogens is 289 g/mol. The first-order chi connectivity index (χ1) is 9.43. The van der Waals surface area contributed by atoms with Gasteiger partial charge in [0.2, 0.25) is 0 Å². The number of carbonyl (C=O) groups is 1. The quantitative estimate of drug-likeness (QED) is 0.901. The van der Waals surface area contributed by atoms with Gasteiger partial charge in [0, 0.05) is 5.02 Å². The average Bonchev–Trinajstić information content (AvgIpc) is 2.37. The number of rotatable bonds is 3. The second-order valence-electron chi connectivity index (χ2n) is 3.74.